The van der Waals surface area contributed by atoms with Crippen LogP contribution in [0.4, 0.5) is 0 Å². The van der Waals surface area contributed by atoms with Crippen LogP contribution in [0.3, 0.4) is 0 Å². The highest BCUT2D eigenvalue weighted by atomic mass is 16.5. The Morgan fingerprint density at radius 1 is 1.03 bits per heavy atom. The van der Waals surface area contributed by atoms with E-state index in [9.17, 15) is 4.79 Å². The largest absolute Gasteiger partial charge is 0.379 e. The Hall–Kier alpha value is -3.51. The minimum atomic E-state index is 0.0655. The molecule has 0 saturated carbocycles. The second kappa shape index (κ2) is 9.32. The number of hydrogen-bond acceptors (Lipinski definition) is 4. The number of hydrogen-bond donors (Lipinski definition) is 0. The molecule has 3 heterocycles. The van der Waals surface area contributed by atoms with E-state index in [0.29, 0.717) is 32.8 Å². The zero-order valence-corrected chi connectivity index (χ0v) is 17.9. The molecule has 1 amide bonds. The van der Waals surface area contributed by atoms with E-state index in [1.54, 1.807) is 12.5 Å². The third kappa shape index (κ3) is 4.70. The van der Waals surface area contributed by atoms with E-state index in [1.165, 1.54) is 10.9 Å². The molecular formula is C26H26N4O2. The van der Waals surface area contributed by atoms with Gasteiger partial charge in [-0.15, -0.1) is 0 Å². The first-order valence-electron chi connectivity index (χ1n) is 11.0. The number of pyridine rings is 1. The van der Waals surface area contributed by atoms with E-state index in [2.05, 4.69) is 28.2 Å². The van der Waals surface area contributed by atoms with Gasteiger partial charge in [-0.05, 0) is 47.2 Å². The van der Waals surface area contributed by atoms with E-state index < -0.39 is 0 Å². The molecule has 0 bridgehead atoms. The molecule has 0 N–H and O–H groups in total. The van der Waals surface area contributed by atoms with Crippen molar-refractivity contribution in [1.29, 1.82) is 0 Å². The molecule has 0 spiro atoms. The normalized spacial score (nSPS) is 16.8. The van der Waals surface area contributed by atoms with Gasteiger partial charge in [0.2, 0.25) is 0 Å². The van der Waals surface area contributed by atoms with Gasteiger partial charge in [-0.1, -0.05) is 24.3 Å². The lowest BCUT2D eigenvalue weighted by molar-refractivity contribution is 0.0737. The van der Waals surface area contributed by atoms with Crippen LogP contribution in [0, 0.1) is 5.92 Å². The summed E-state index contributed by atoms with van der Waals surface area (Å²) in [5, 5.41) is 2.33. The Morgan fingerprint density at radius 3 is 2.91 bits per heavy atom. The van der Waals surface area contributed by atoms with Crippen LogP contribution in [0.1, 0.15) is 21.5 Å². The molecule has 1 aliphatic heterocycles. The van der Waals surface area contributed by atoms with E-state index >= 15 is 0 Å². The summed E-state index contributed by atoms with van der Waals surface area (Å²) in [6.45, 7) is 3.23. The molecule has 1 aliphatic rings. The summed E-state index contributed by atoms with van der Waals surface area (Å²) in [5.41, 5.74) is 3.05. The van der Waals surface area contributed by atoms with Crippen molar-refractivity contribution < 1.29 is 9.53 Å². The summed E-state index contributed by atoms with van der Waals surface area (Å²) in [6.07, 6.45) is 10.1. The lowest BCUT2D eigenvalue weighted by Crippen LogP contribution is -2.36. The fraction of sp³-hybridized carbons (Fsp3) is 0.269. The third-order valence-corrected chi connectivity index (χ3v) is 5.95. The van der Waals surface area contributed by atoms with Crippen LogP contribution in [0.25, 0.3) is 10.8 Å². The maximum atomic E-state index is 13.3. The average molecular weight is 427 g/mol. The fourth-order valence-corrected chi connectivity index (χ4v) is 4.36. The second-order valence-electron chi connectivity index (χ2n) is 8.39. The van der Waals surface area contributed by atoms with E-state index in [4.69, 9.17) is 4.74 Å². The lowest BCUT2D eigenvalue weighted by Gasteiger charge is -2.24. The van der Waals surface area contributed by atoms with E-state index in [0.717, 1.165) is 22.9 Å². The van der Waals surface area contributed by atoms with Gasteiger partial charge < -0.3 is 14.2 Å². The molecule has 1 saturated heterocycles. The number of benzene rings is 2. The van der Waals surface area contributed by atoms with Crippen LogP contribution in [0.2, 0.25) is 0 Å². The number of nitrogens with zero attached hydrogens (tertiary/aromatic N) is 4. The first kappa shape index (κ1) is 20.4. The highest BCUT2D eigenvalue weighted by molar-refractivity contribution is 5.94. The highest BCUT2D eigenvalue weighted by Gasteiger charge is 2.24. The standard InChI is InChI=1S/C26H26N4O2/c31-26(24-3-1-2-21(14-24)16-29-9-8-28-19-29)30-10-11-32-18-22(17-30)12-20-4-5-23-6-7-27-15-25(23)13-20/h1-9,13-15,19,22H,10-12,16-18H2/t22-/m0/s1. The molecule has 162 valence electrons. The predicted octanol–water partition coefficient (Wildman–Crippen LogP) is 3.81. The number of amides is 1. The number of carbonyl (C=O) groups excluding carboxylic acids is 1. The van der Waals surface area contributed by atoms with Gasteiger partial charge in [0.25, 0.3) is 5.91 Å². The first-order chi connectivity index (χ1) is 15.7. The van der Waals surface area contributed by atoms with Crippen LogP contribution in [0.5, 0.6) is 0 Å². The first-order valence-corrected chi connectivity index (χ1v) is 11.0. The Kier molecular flexibility index (Phi) is 5.94. The monoisotopic (exact) mass is 426 g/mol. The fourth-order valence-electron chi connectivity index (χ4n) is 4.36. The zero-order chi connectivity index (χ0) is 21.8. The molecule has 1 fully saturated rings. The molecule has 4 aromatic rings. The van der Waals surface area contributed by atoms with Crippen molar-refractivity contribution in [1.82, 2.24) is 19.4 Å². The average Bonchev–Trinajstić information content (AvgIpc) is 3.22. The maximum Gasteiger partial charge on any atom is 0.253 e. The van der Waals surface area contributed by atoms with Gasteiger partial charge in [0.1, 0.15) is 0 Å². The second-order valence-corrected chi connectivity index (χ2v) is 8.39. The van der Waals surface area contributed by atoms with Crippen LogP contribution in [0.15, 0.2) is 79.6 Å². The molecule has 2 aromatic carbocycles. The predicted molar refractivity (Wildman–Crippen MR) is 123 cm³/mol. The Labute approximate surface area is 187 Å². The molecule has 6 nitrogen and oxygen atoms in total. The van der Waals surface area contributed by atoms with Crippen molar-refractivity contribution in [3.05, 3.63) is 96.3 Å². The summed E-state index contributed by atoms with van der Waals surface area (Å²) >= 11 is 0. The maximum absolute atomic E-state index is 13.3. The van der Waals surface area contributed by atoms with Crippen LogP contribution < -0.4 is 0 Å². The van der Waals surface area contributed by atoms with Gasteiger partial charge in [0, 0.05) is 61.3 Å². The molecule has 0 aliphatic carbocycles. The molecule has 5 rings (SSSR count). The quantitative estimate of drug-likeness (QED) is 0.487. The van der Waals surface area contributed by atoms with Crippen molar-refractivity contribution in [2.75, 3.05) is 26.3 Å². The molecule has 32 heavy (non-hydrogen) atoms. The zero-order valence-electron chi connectivity index (χ0n) is 17.9. The van der Waals surface area contributed by atoms with E-state index in [1.807, 2.05) is 58.4 Å². The summed E-state index contributed by atoms with van der Waals surface area (Å²) in [5.74, 6) is 0.320. The van der Waals surface area contributed by atoms with Crippen molar-refractivity contribution in [3.63, 3.8) is 0 Å². The summed E-state index contributed by atoms with van der Waals surface area (Å²) in [4.78, 5) is 23.6. The highest BCUT2D eigenvalue weighted by Crippen LogP contribution is 2.20. The smallest absolute Gasteiger partial charge is 0.253 e. The molecule has 0 radical (unpaired) electrons. The number of imidazole rings is 1. The molecule has 6 heteroatoms. The van der Waals surface area contributed by atoms with E-state index in [-0.39, 0.29) is 11.8 Å². The minimum absolute atomic E-state index is 0.0655. The Morgan fingerprint density at radius 2 is 2.00 bits per heavy atom. The minimum Gasteiger partial charge on any atom is -0.379 e. The van der Waals surface area contributed by atoms with Gasteiger partial charge in [-0.3, -0.25) is 9.78 Å². The molecule has 2 aromatic heterocycles. The van der Waals surface area contributed by atoms with Crippen molar-refractivity contribution in [2.45, 2.75) is 13.0 Å². The summed E-state index contributed by atoms with van der Waals surface area (Å²) < 4.78 is 7.86. The van der Waals surface area contributed by atoms with Gasteiger partial charge in [-0.25, -0.2) is 4.98 Å². The molecule has 1 atom stereocenters. The Balaban J connectivity index is 1.29. The van der Waals surface area contributed by atoms with Crippen LogP contribution in [-0.4, -0.2) is 51.6 Å². The van der Waals surface area contributed by atoms with Gasteiger partial charge in [0.15, 0.2) is 0 Å². The number of aromatic nitrogens is 3. The Bertz CT molecular complexity index is 1210. The number of carbonyl (C=O) groups is 1. The molecule has 0 unspecified atom stereocenters. The van der Waals surface area contributed by atoms with Crippen molar-refractivity contribution >= 4 is 16.7 Å². The van der Waals surface area contributed by atoms with Crippen molar-refractivity contribution in [2.24, 2.45) is 5.92 Å². The number of ether oxygens (including phenoxy) is 1. The summed E-state index contributed by atoms with van der Waals surface area (Å²) in [7, 11) is 0. The van der Waals surface area contributed by atoms with Gasteiger partial charge >= 0.3 is 0 Å². The lowest BCUT2D eigenvalue weighted by atomic mass is 9.97. The SMILES string of the molecule is O=C(c1cccc(Cn2ccnc2)c1)N1CCOC[C@@H](Cc2ccc3ccncc3c2)C1. The van der Waals surface area contributed by atoms with Gasteiger partial charge in [0.05, 0.1) is 19.5 Å². The third-order valence-electron chi connectivity index (χ3n) is 5.95. The summed E-state index contributed by atoms with van der Waals surface area (Å²) in [6, 6.07) is 16.4. The van der Waals surface area contributed by atoms with Crippen molar-refractivity contribution in [3.8, 4) is 0 Å². The molecular weight excluding hydrogens is 400 g/mol. The van der Waals surface area contributed by atoms with Gasteiger partial charge in [-0.2, -0.15) is 0 Å². The van der Waals surface area contributed by atoms with Crippen LogP contribution >= 0.6 is 0 Å². The van der Waals surface area contributed by atoms with Crippen LogP contribution in [-0.2, 0) is 17.7 Å². The topological polar surface area (TPSA) is 60.2 Å². The number of rotatable bonds is 5. The number of fused-ring (bicyclic) bond motifs is 1.